The smallest absolute Gasteiger partial charge is 0.408 e. The Morgan fingerprint density at radius 2 is 2.07 bits per heavy atom. The number of nitrogens with zero attached hydrogens (tertiary/aromatic N) is 4. The first-order chi connectivity index (χ1) is 14.2. The summed E-state index contributed by atoms with van der Waals surface area (Å²) >= 11 is 1.56. The van der Waals surface area contributed by atoms with Crippen LogP contribution in [0.2, 0.25) is 0 Å². The summed E-state index contributed by atoms with van der Waals surface area (Å²) in [5.41, 5.74) is 1.30. The standard InChI is InChI=1S/C21H29N5O3S/c1-13(2)10-16(22-20(27)29-21(3,4)5)18-23-24-19-26(18)25-17(12-30-19)14-8-7-9-15(11-14)28-6/h7-9,11,13,16H,10,12H2,1-6H3,(H,22,27). The van der Waals surface area contributed by atoms with Gasteiger partial charge in [-0.2, -0.15) is 9.78 Å². The summed E-state index contributed by atoms with van der Waals surface area (Å²) in [6.07, 6.45) is 0.206. The van der Waals surface area contributed by atoms with Gasteiger partial charge in [0.15, 0.2) is 5.82 Å². The number of carbonyl (C=O) groups is 1. The van der Waals surface area contributed by atoms with Crippen molar-refractivity contribution in [3.8, 4) is 5.75 Å². The molecule has 0 fully saturated rings. The number of ether oxygens (including phenoxy) is 2. The van der Waals surface area contributed by atoms with Crippen molar-refractivity contribution in [2.45, 2.75) is 57.8 Å². The molecule has 2 heterocycles. The number of rotatable bonds is 6. The predicted molar refractivity (Wildman–Crippen MR) is 117 cm³/mol. The molecular formula is C21H29N5O3S. The largest absolute Gasteiger partial charge is 0.497 e. The molecule has 162 valence electrons. The van der Waals surface area contributed by atoms with Crippen molar-refractivity contribution >= 4 is 23.6 Å². The molecule has 1 amide bonds. The zero-order valence-corrected chi connectivity index (χ0v) is 19.1. The van der Waals surface area contributed by atoms with Crippen LogP contribution in [-0.4, -0.2) is 45.1 Å². The average molecular weight is 432 g/mol. The maximum absolute atomic E-state index is 12.4. The minimum atomic E-state index is -0.579. The van der Waals surface area contributed by atoms with Crippen LogP contribution in [0.4, 0.5) is 4.79 Å². The van der Waals surface area contributed by atoms with Crippen LogP contribution in [0, 0.1) is 5.92 Å². The van der Waals surface area contributed by atoms with Crippen LogP contribution in [0.5, 0.6) is 5.75 Å². The van der Waals surface area contributed by atoms with E-state index >= 15 is 0 Å². The van der Waals surface area contributed by atoms with Crippen molar-refractivity contribution < 1.29 is 14.3 Å². The first-order valence-electron chi connectivity index (χ1n) is 9.96. The van der Waals surface area contributed by atoms with Gasteiger partial charge < -0.3 is 14.8 Å². The van der Waals surface area contributed by atoms with E-state index in [4.69, 9.17) is 14.6 Å². The number of aromatic nitrogens is 3. The maximum atomic E-state index is 12.4. The summed E-state index contributed by atoms with van der Waals surface area (Å²) in [6, 6.07) is 7.44. The minimum absolute atomic E-state index is 0.330. The van der Waals surface area contributed by atoms with Gasteiger partial charge in [0, 0.05) is 11.3 Å². The maximum Gasteiger partial charge on any atom is 0.408 e. The lowest BCUT2D eigenvalue weighted by Crippen LogP contribution is -2.36. The van der Waals surface area contributed by atoms with Crippen LogP contribution in [0.25, 0.3) is 0 Å². The number of fused-ring (bicyclic) bond motifs is 1. The average Bonchev–Trinajstić information content (AvgIpc) is 3.09. The van der Waals surface area contributed by atoms with Crippen LogP contribution >= 0.6 is 11.8 Å². The number of thioether (sulfide) groups is 1. The molecule has 1 aromatic heterocycles. The van der Waals surface area contributed by atoms with E-state index in [-0.39, 0.29) is 6.04 Å². The molecule has 30 heavy (non-hydrogen) atoms. The van der Waals surface area contributed by atoms with Gasteiger partial charge in [0.25, 0.3) is 0 Å². The molecular weight excluding hydrogens is 402 g/mol. The second-order valence-electron chi connectivity index (χ2n) is 8.55. The molecule has 1 aliphatic heterocycles. The van der Waals surface area contributed by atoms with Gasteiger partial charge in [0.05, 0.1) is 18.9 Å². The minimum Gasteiger partial charge on any atom is -0.497 e. The number of nitrogens with one attached hydrogen (secondary N) is 1. The Labute approximate surface area is 181 Å². The van der Waals surface area contributed by atoms with Crippen LogP contribution in [0.1, 0.15) is 58.5 Å². The van der Waals surface area contributed by atoms with Crippen molar-refractivity contribution in [3.05, 3.63) is 35.7 Å². The normalized spacial score (nSPS) is 14.7. The highest BCUT2D eigenvalue weighted by Gasteiger charge is 2.28. The summed E-state index contributed by atoms with van der Waals surface area (Å²) in [5.74, 6) is 2.38. The lowest BCUT2D eigenvalue weighted by molar-refractivity contribution is 0.0494. The zero-order chi connectivity index (χ0) is 21.9. The first-order valence-corrected chi connectivity index (χ1v) is 10.9. The first kappa shape index (κ1) is 22.1. The second-order valence-corrected chi connectivity index (χ2v) is 9.49. The molecule has 1 aromatic carbocycles. The van der Waals surface area contributed by atoms with E-state index in [0.29, 0.717) is 29.1 Å². The van der Waals surface area contributed by atoms with Gasteiger partial charge in [-0.1, -0.05) is 37.7 Å². The molecule has 9 heteroatoms. The molecule has 1 atom stereocenters. The number of hydrogen-bond donors (Lipinski definition) is 1. The molecule has 1 aliphatic rings. The summed E-state index contributed by atoms with van der Waals surface area (Å²) in [7, 11) is 1.64. The lowest BCUT2D eigenvalue weighted by Gasteiger charge is -2.24. The highest BCUT2D eigenvalue weighted by atomic mass is 32.2. The van der Waals surface area contributed by atoms with E-state index in [9.17, 15) is 4.79 Å². The Hall–Kier alpha value is -2.55. The number of hydrogen-bond acceptors (Lipinski definition) is 7. The van der Waals surface area contributed by atoms with Crippen LogP contribution in [0.3, 0.4) is 0 Å². The van der Waals surface area contributed by atoms with Gasteiger partial charge in [0.1, 0.15) is 11.4 Å². The summed E-state index contributed by atoms with van der Waals surface area (Å²) < 4.78 is 12.5. The van der Waals surface area contributed by atoms with E-state index in [0.717, 1.165) is 17.0 Å². The third-order valence-corrected chi connectivity index (χ3v) is 5.24. The van der Waals surface area contributed by atoms with Crippen molar-refractivity contribution in [3.63, 3.8) is 0 Å². The number of amides is 1. The van der Waals surface area contributed by atoms with Crippen molar-refractivity contribution in [1.29, 1.82) is 0 Å². The van der Waals surface area contributed by atoms with E-state index in [1.165, 1.54) is 0 Å². The van der Waals surface area contributed by atoms with Gasteiger partial charge in [-0.15, -0.1) is 10.2 Å². The SMILES string of the molecule is COc1cccc(C2=Nn3c(nnc3C(CC(C)C)NC(=O)OC(C)(C)C)SC2)c1. The monoisotopic (exact) mass is 431 g/mol. The number of alkyl carbamates (subject to hydrolysis) is 1. The number of benzene rings is 1. The fourth-order valence-corrected chi connectivity index (χ4v) is 3.90. The third kappa shape index (κ3) is 5.53. The Morgan fingerprint density at radius 3 is 2.73 bits per heavy atom. The van der Waals surface area contributed by atoms with Crippen molar-refractivity contribution in [2.24, 2.45) is 11.0 Å². The van der Waals surface area contributed by atoms with E-state index in [1.54, 1.807) is 23.5 Å². The second kappa shape index (κ2) is 9.07. The fourth-order valence-electron chi connectivity index (χ4n) is 3.05. The molecule has 0 bridgehead atoms. The molecule has 1 N–H and O–H groups in total. The molecule has 0 aliphatic carbocycles. The van der Waals surface area contributed by atoms with Crippen LogP contribution < -0.4 is 10.1 Å². The van der Waals surface area contributed by atoms with Gasteiger partial charge >= 0.3 is 6.09 Å². The molecule has 3 rings (SSSR count). The van der Waals surface area contributed by atoms with Crippen LogP contribution in [-0.2, 0) is 4.74 Å². The van der Waals surface area contributed by atoms with Crippen molar-refractivity contribution in [2.75, 3.05) is 12.9 Å². The molecule has 0 spiro atoms. The highest BCUT2D eigenvalue weighted by molar-refractivity contribution is 7.99. The Balaban J connectivity index is 1.92. The third-order valence-electron chi connectivity index (χ3n) is 4.31. The quantitative estimate of drug-likeness (QED) is 0.735. The summed E-state index contributed by atoms with van der Waals surface area (Å²) in [6.45, 7) is 9.70. The van der Waals surface area contributed by atoms with Gasteiger partial charge in [-0.3, -0.25) is 0 Å². The summed E-state index contributed by atoms with van der Waals surface area (Å²) in [4.78, 5) is 12.4. The predicted octanol–water partition coefficient (Wildman–Crippen LogP) is 4.26. The summed E-state index contributed by atoms with van der Waals surface area (Å²) in [5, 5.41) is 17.1. The van der Waals surface area contributed by atoms with Crippen LogP contribution in [0.15, 0.2) is 34.5 Å². The molecule has 1 unspecified atom stereocenters. The molecule has 0 saturated carbocycles. The Morgan fingerprint density at radius 1 is 1.30 bits per heavy atom. The highest BCUT2D eigenvalue weighted by Crippen LogP contribution is 2.29. The molecule has 8 nitrogen and oxygen atoms in total. The molecule has 0 radical (unpaired) electrons. The van der Waals surface area contributed by atoms with Gasteiger partial charge in [0.2, 0.25) is 5.16 Å². The van der Waals surface area contributed by atoms with Gasteiger partial charge in [-0.25, -0.2) is 4.79 Å². The van der Waals surface area contributed by atoms with Crippen molar-refractivity contribution in [1.82, 2.24) is 20.2 Å². The Bertz CT molecular complexity index is 933. The van der Waals surface area contributed by atoms with E-state index in [1.807, 2.05) is 45.0 Å². The van der Waals surface area contributed by atoms with E-state index in [2.05, 4.69) is 29.4 Å². The fraction of sp³-hybridized carbons (Fsp3) is 0.524. The molecule has 0 saturated heterocycles. The number of methoxy groups -OCH3 is 1. The van der Waals surface area contributed by atoms with E-state index < -0.39 is 11.7 Å². The zero-order valence-electron chi connectivity index (χ0n) is 18.3. The Kier molecular flexibility index (Phi) is 6.70. The lowest BCUT2D eigenvalue weighted by atomic mass is 10.0. The van der Waals surface area contributed by atoms with Gasteiger partial charge in [-0.05, 0) is 45.2 Å². The topological polar surface area (TPSA) is 90.6 Å². The molecule has 2 aromatic rings. The number of carbonyl (C=O) groups excluding carboxylic acids is 1.